The van der Waals surface area contributed by atoms with Crippen LogP contribution in [0.15, 0.2) is 200 Å². The lowest BCUT2D eigenvalue weighted by atomic mass is 10.0. The van der Waals surface area contributed by atoms with Gasteiger partial charge in [-0.25, -0.2) is 29.9 Å². The maximum absolute atomic E-state index is 12.9. The number of aromatic nitrogens is 24. The summed E-state index contributed by atoms with van der Waals surface area (Å²) in [7, 11) is -15.3. The number of nitrogens with one attached hydrogen (secondary N) is 6. The molecule has 6 aliphatic rings. The maximum Gasteiger partial charge on any atom is 0.280 e. The third kappa shape index (κ3) is 19.2. The molecule has 0 bridgehead atoms. The summed E-state index contributed by atoms with van der Waals surface area (Å²) in [5, 5.41) is 44.4. The number of nitrogens with zero attached hydrogens (tertiary/aromatic N) is 18. The standard InChI is InChI=1S/C42H59N15O7Si3.C28H40N10O5Si2.C27H31N5O2Si.CH4/c1-19-22(13-58)28(10-25(19)55-16-46-31-34(55)49-40(43)52-37(31)60)65(4,5)63-15-24-21(3)27(57-18-48-33-36(57)51-42(45)54-39(33)62)12-30(24)67(8,9)64-66(6,7)29-11-26(20(2)23(29)14-59)56-17-47-32-35(56)50-41(44)53-38(32)61;1-13-15(9-39)19(7-17(13)37-11-31-21-23(37)33-27(29)35-25(21)41)44(3,4)43-45(5,6)20-8-18(14(2)16(20)10-40)38-12-32-22-24(38)34-28(30)36-26(22)42;1-18-21(16-34-15-19-10-6-4-7-11-19)23(35(2,3)20-12-8-5-9-13-20)14-22(18)32-17-29-24-25(32)30-27(28)31-26(24)33;/h16-18,22-30,58-59H,1-3,10-15H2,4-9H3,(H3,43,49,52,60)(H3,44,50,53,61)(H3,45,51,54,62);11-12,15-20,39-40H,1-2,7-10H2,3-6H3,(H3,29,33,35,41)(H3,30,34,36,42);4-13,17,21-23H,1,14-16H2,2-3H3,(H3,28,30,31,33);1H4/t22-,23-,24-,25-,26-,27-,28-,29-,30-;15-,16-,17-,18-,19-,20-;21-,22-,23-;/m000./s1. The van der Waals surface area contributed by atoms with E-state index in [-0.39, 0.29) is 202 Å². The van der Waals surface area contributed by atoms with Gasteiger partial charge in [0.2, 0.25) is 35.7 Å². The average Bonchev–Trinajstić information content (AvgIpc) is 1.59. The molecule has 0 radical (unpaired) electrons. The lowest BCUT2D eigenvalue weighted by Crippen LogP contribution is -2.52. The predicted octanol–water partition coefficient (Wildman–Crippen LogP) is 9.69. The number of hydrogen-bond donors (Lipinski definition) is 16. The number of benzene rings is 2. The van der Waals surface area contributed by atoms with Crippen molar-refractivity contribution in [3.63, 3.8) is 0 Å². The highest BCUT2D eigenvalue weighted by atomic mass is 28.4. The first-order chi connectivity index (χ1) is 69.6. The van der Waals surface area contributed by atoms with Gasteiger partial charge >= 0.3 is 0 Å². The highest BCUT2D eigenvalue weighted by Crippen LogP contribution is 2.61. The second-order valence-corrected chi connectivity index (χ2v) is 69.7. The van der Waals surface area contributed by atoms with Crippen molar-refractivity contribution in [1.29, 1.82) is 0 Å². The van der Waals surface area contributed by atoms with Crippen LogP contribution in [-0.2, 0) is 24.0 Å². The first kappa shape index (κ1) is 106. The van der Waals surface area contributed by atoms with E-state index in [4.69, 9.17) is 58.4 Å². The van der Waals surface area contributed by atoms with Crippen molar-refractivity contribution in [2.24, 2.45) is 35.5 Å². The molecule has 44 nitrogen and oxygen atoms in total. The molecule has 6 fully saturated rings. The zero-order valence-electron chi connectivity index (χ0n) is 84.5. The van der Waals surface area contributed by atoms with Crippen LogP contribution in [0.4, 0.5) is 35.7 Å². The molecule has 14 aromatic rings. The monoisotopic (exact) mass is 2120 g/mol. The Morgan fingerprint density at radius 3 is 0.784 bits per heavy atom. The van der Waals surface area contributed by atoms with Crippen LogP contribution in [0.3, 0.4) is 0 Å². The maximum atomic E-state index is 12.9. The molecule has 12 aromatic heterocycles. The van der Waals surface area contributed by atoms with Crippen molar-refractivity contribution < 1.29 is 37.8 Å². The highest BCUT2D eigenvalue weighted by molar-refractivity contribution is 6.91. The van der Waals surface area contributed by atoms with Gasteiger partial charge in [-0.15, -0.1) is 0 Å². The van der Waals surface area contributed by atoms with Crippen LogP contribution in [0.2, 0.25) is 112 Å². The number of H-pyrrole nitrogens is 6. The summed E-state index contributed by atoms with van der Waals surface area (Å²) in [5.74, 6) is -0.981. The zero-order chi connectivity index (χ0) is 105. The van der Waals surface area contributed by atoms with Crippen LogP contribution in [-0.4, -0.2) is 227 Å². The molecule has 50 heteroatoms. The summed E-state index contributed by atoms with van der Waals surface area (Å²) < 4.78 is 39.6. The molecular formula is C98H134N30O14Si6. The second-order valence-electron chi connectivity index (χ2n) is 43.2. The number of nitrogen functional groups attached to an aromatic ring is 6. The van der Waals surface area contributed by atoms with Crippen molar-refractivity contribution in [2.75, 3.05) is 74.0 Å². The SMILES string of the molecule is C.C=C1[C@H](CO)[C@@H]([Si](C)(C)OC[C@H]2C(=C)[C@@H](n3cnc4c(=O)[nH]c(N)nc43)C[C@@H]2[Si](C)(C)O[Si](C)(C)[C@H]2C[C@H](n3cnc4c(=O)[nH]c(N)nc43)C(=C)[C@@H]2CO)C[C@@H]1n1cnc2c(=O)[nH]c(N)nc21.C=C1[C@H](CO)[C@@H]([Si](C)(C)O[Si](C)(C)[C@H]2C[C@H](n3cnc4c(=O)[nH]c(N)nc43)C(=C)[C@@H]2CO)C[C@@H]1n1cnc2c(=O)[nH]c(N)nc21.C=C1[C@H](COCc2ccccc2)[C@@H]([Si](C)(C)c2ccccc2)C[C@@H]1n1cnc2c(=O)[nH]c(N)nc21. The number of aromatic amines is 6. The van der Waals surface area contributed by atoms with Gasteiger partial charge in [0, 0.05) is 68.5 Å². The molecule has 20 rings (SSSR count). The van der Waals surface area contributed by atoms with E-state index in [9.17, 15) is 49.2 Å². The Morgan fingerprint density at radius 2 is 0.534 bits per heavy atom. The topological polar surface area (TPSA) is 655 Å². The molecule has 6 saturated carbocycles. The van der Waals surface area contributed by atoms with Crippen molar-refractivity contribution in [1.82, 2.24) is 117 Å². The van der Waals surface area contributed by atoms with Crippen LogP contribution >= 0.6 is 0 Å². The van der Waals surface area contributed by atoms with Crippen LogP contribution in [0.25, 0.3) is 67.0 Å². The number of nitrogens with two attached hydrogens (primary N) is 6. The number of fused-ring (bicyclic) bond motifs is 6. The van der Waals surface area contributed by atoms with E-state index in [1.807, 2.05) is 45.6 Å². The van der Waals surface area contributed by atoms with Crippen molar-refractivity contribution in [3.8, 4) is 0 Å². The summed E-state index contributed by atoms with van der Waals surface area (Å²) >= 11 is 0. The lowest BCUT2D eigenvalue weighted by Gasteiger charge is -2.44. The van der Waals surface area contributed by atoms with E-state index in [1.54, 1.807) is 38.0 Å². The van der Waals surface area contributed by atoms with Crippen molar-refractivity contribution in [3.05, 3.63) is 239 Å². The molecule has 0 amide bonds. The summed E-state index contributed by atoms with van der Waals surface area (Å²) in [5.41, 5.74) is 43.2. The van der Waals surface area contributed by atoms with Crippen LogP contribution < -0.4 is 72.9 Å². The fraction of sp³-hybridized carbons (Fsp3) is 0.449. The Bertz CT molecular complexity index is 7770. The average molecular weight is 2120 g/mol. The van der Waals surface area contributed by atoms with E-state index in [1.165, 1.54) is 5.19 Å². The fourth-order valence-electron chi connectivity index (χ4n) is 25.2. The molecule has 0 aliphatic heterocycles. The number of hydrogen-bond acceptors (Lipinski definition) is 32. The first-order valence-electron chi connectivity index (χ1n) is 49.2. The Morgan fingerprint density at radius 1 is 0.318 bits per heavy atom. The summed E-state index contributed by atoms with van der Waals surface area (Å²) in [6.07, 6.45) is 13.6. The Hall–Kier alpha value is -13.2. The Labute approximate surface area is 856 Å². The molecule has 12 heterocycles. The molecule has 22 N–H and O–H groups in total. The van der Waals surface area contributed by atoms with Gasteiger partial charge in [-0.3, -0.25) is 58.7 Å². The smallest absolute Gasteiger partial charge is 0.280 e. The third-order valence-corrected chi connectivity index (χ3v) is 58.5. The summed E-state index contributed by atoms with van der Waals surface area (Å²) in [4.78, 5) is 143. The molecule has 784 valence electrons. The van der Waals surface area contributed by atoms with Crippen LogP contribution in [0, 0.1) is 35.5 Å². The molecular weight excluding hydrogens is 1990 g/mol. The van der Waals surface area contributed by atoms with Crippen LogP contribution in [0.1, 0.15) is 87.8 Å². The number of imidazole rings is 6. The molecule has 0 saturated heterocycles. The first-order valence-corrected chi connectivity index (χ1v) is 67.2. The minimum atomic E-state index is -2.80. The normalized spacial score (nSPS) is 24.7. The number of ether oxygens (including phenoxy) is 1. The van der Waals surface area contributed by atoms with Crippen molar-refractivity contribution in [2.45, 2.75) is 201 Å². The molecule has 0 unspecified atom stereocenters. The van der Waals surface area contributed by atoms with E-state index >= 15 is 0 Å². The van der Waals surface area contributed by atoms with E-state index in [0.717, 1.165) is 45.4 Å². The predicted molar refractivity (Wildman–Crippen MR) is 586 cm³/mol. The minimum absolute atomic E-state index is 0. The number of aliphatic hydroxyl groups excluding tert-OH is 4. The van der Waals surface area contributed by atoms with Gasteiger partial charge in [0.25, 0.3) is 33.4 Å². The lowest BCUT2D eigenvalue weighted by molar-refractivity contribution is 0.0976. The summed E-state index contributed by atoms with van der Waals surface area (Å²) in [6.45, 7) is 54.7. The minimum Gasteiger partial charge on any atom is -0.455 e. The van der Waals surface area contributed by atoms with Gasteiger partial charge in [0.05, 0.1) is 95.5 Å². The molecule has 0 spiro atoms. The van der Waals surface area contributed by atoms with Crippen LogP contribution in [0.5, 0.6) is 0 Å². The van der Waals surface area contributed by atoms with E-state index in [0.29, 0.717) is 96.9 Å². The quantitative estimate of drug-likeness (QED) is 0.0160. The summed E-state index contributed by atoms with van der Waals surface area (Å²) in [6, 6.07) is 19.6. The fourth-order valence-corrected chi connectivity index (χ4v) is 53.3. The van der Waals surface area contributed by atoms with Gasteiger partial charge < -0.3 is 99.6 Å². The third-order valence-electron chi connectivity index (χ3n) is 32.7. The zero-order valence-corrected chi connectivity index (χ0v) is 90.5. The van der Waals surface area contributed by atoms with Gasteiger partial charge in [0.15, 0.2) is 109 Å². The molecule has 6 aliphatic carbocycles. The van der Waals surface area contributed by atoms with Gasteiger partial charge in [-0.1, -0.05) is 126 Å². The second kappa shape index (κ2) is 40.3. The molecule has 18 atom stereocenters. The van der Waals surface area contributed by atoms with E-state index in [2.05, 4.69) is 244 Å². The number of aliphatic hydroxyl groups is 4. The highest BCUT2D eigenvalue weighted by Gasteiger charge is 2.59. The Kier molecular flexibility index (Phi) is 28.9. The van der Waals surface area contributed by atoms with Gasteiger partial charge in [-0.05, 0) is 176 Å². The number of anilines is 6. The van der Waals surface area contributed by atoms with E-state index < -0.39 is 77.5 Å². The van der Waals surface area contributed by atoms with Gasteiger partial charge in [0.1, 0.15) is 0 Å². The Balaban J connectivity index is 0.000000160. The largest absolute Gasteiger partial charge is 0.455 e. The van der Waals surface area contributed by atoms with Crippen molar-refractivity contribution >= 4 is 158 Å². The number of rotatable bonds is 28. The molecule has 2 aromatic carbocycles. The molecule has 148 heavy (non-hydrogen) atoms. The van der Waals surface area contributed by atoms with Gasteiger partial charge in [-0.2, -0.15) is 29.9 Å².